The molecular weight excluding hydrogens is 408 g/mol. The minimum Gasteiger partial charge on any atom is -0.497 e. The minimum absolute atomic E-state index is 0.272. The van der Waals surface area contributed by atoms with Crippen molar-refractivity contribution in [3.8, 4) is 5.75 Å². The molecule has 0 spiro atoms. The van der Waals surface area contributed by atoms with Gasteiger partial charge in [0.1, 0.15) is 12.0 Å². The quantitative estimate of drug-likeness (QED) is 0.291. The Hall–Kier alpha value is -2.96. The summed E-state index contributed by atoms with van der Waals surface area (Å²) in [6.45, 7) is 8.43. The number of methoxy groups -OCH3 is 1. The van der Waals surface area contributed by atoms with Gasteiger partial charge in [-0.05, 0) is 51.8 Å². The van der Waals surface area contributed by atoms with E-state index in [-0.39, 0.29) is 6.29 Å². The molecule has 0 bridgehead atoms. The minimum atomic E-state index is -0.845. The maximum absolute atomic E-state index is 9.98. The van der Waals surface area contributed by atoms with Gasteiger partial charge >= 0.3 is 5.97 Å². The highest BCUT2D eigenvalue weighted by Crippen LogP contribution is 2.21. The van der Waals surface area contributed by atoms with Crippen LogP contribution in [0.15, 0.2) is 66.2 Å². The number of carbonyl (C=O) groups excluding carboxylic acids is 1. The standard InChI is InChI=1S/C12H18O3.C9H10O.C5H8O2/c1-4-14-12(15-5-2)10-6-8-11(13-3)9-7-10;10-8-4-7-9-5-2-1-3-6-9;1-3-4(2)5(6)7/h6-9,12H,4-5H2,1-3H3;1-3,5-6,8H,4,7H2;3H,1-2H3,(H,6,7). The zero-order chi connectivity index (χ0) is 24.2. The van der Waals surface area contributed by atoms with Crippen LogP contribution in [-0.2, 0) is 25.5 Å². The number of ether oxygens (including phenoxy) is 3. The van der Waals surface area contributed by atoms with Gasteiger partial charge in [-0.15, -0.1) is 0 Å². The lowest BCUT2D eigenvalue weighted by Crippen LogP contribution is -2.08. The van der Waals surface area contributed by atoms with Crippen molar-refractivity contribution in [2.75, 3.05) is 20.3 Å². The van der Waals surface area contributed by atoms with Crippen molar-refractivity contribution in [2.24, 2.45) is 0 Å². The highest BCUT2D eigenvalue weighted by Gasteiger charge is 2.10. The van der Waals surface area contributed by atoms with Crippen LogP contribution in [0.4, 0.5) is 0 Å². The van der Waals surface area contributed by atoms with E-state index in [1.807, 2.05) is 68.4 Å². The SMILES string of the molecule is CC=C(C)C(=O)O.CCOC(OCC)c1ccc(OC)cc1.O=CCCc1ccccc1. The molecule has 6 nitrogen and oxygen atoms in total. The number of carbonyl (C=O) groups is 2. The van der Waals surface area contributed by atoms with Crippen LogP contribution in [-0.4, -0.2) is 37.7 Å². The van der Waals surface area contributed by atoms with E-state index in [0.717, 1.165) is 24.0 Å². The fraction of sp³-hybridized carbons (Fsp3) is 0.385. The topological polar surface area (TPSA) is 82.1 Å². The Morgan fingerprint density at radius 3 is 1.94 bits per heavy atom. The van der Waals surface area contributed by atoms with Gasteiger partial charge in [-0.25, -0.2) is 4.79 Å². The Labute approximate surface area is 191 Å². The van der Waals surface area contributed by atoms with E-state index in [1.165, 1.54) is 5.56 Å². The molecule has 0 aliphatic carbocycles. The zero-order valence-electron chi connectivity index (χ0n) is 19.7. The molecular formula is C26H36O6. The molecule has 0 unspecified atom stereocenters. The number of hydrogen-bond donors (Lipinski definition) is 1. The van der Waals surface area contributed by atoms with Crippen LogP contribution in [0.3, 0.4) is 0 Å². The average molecular weight is 445 g/mol. The van der Waals surface area contributed by atoms with E-state index < -0.39 is 5.97 Å². The number of aliphatic carboxylic acids is 1. The predicted octanol–water partition coefficient (Wildman–Crippen LogP) is 5.62. The van der Waals surface area contributed by atoms with Gasteiger partial charge < -0.3 is 24.1 Å². The van der Waals surface area contributed by atoms with Crippen molar-refractivity contribution < 1.29 is 28.9 Å². The summed E-state index contributed by atoms with van der Waals surface area (Å²) in [5.74, 6) is -0.00648. The number of benzene rings is 2. The molecule has 0 saturated carbocycles. The normalized spacial score (nSPS) is 10.4. The molecule has 0 amide bonds. The van der Waals surface area contributed by atoms with E-state index in [1.54, 1.807) is 27.0 Å². The molecule has 0 fully saturated rings. The monoisotopic (exact) mass is 444 g/mol. The largest absolute Gasteiger partial charge is 0.497 e. The summed E-state index contributed by atoms with van der Waals surface area (Å²) < 4.78 is 16.0. The van der Waals surface area contributed by atoms with Crippen LogP contribution in [0, 0.1) is 0 Å². The van der Waals surface area contributed by atoms with Crippen molar-refractivity contribution in [1.29, 1.82) is 0 Å². The molecule has 32 heavy (non-hydrogen) atoms. The maximum atomic E-state index is 9.98. The van der Waals surface area contributed by atoms with Crippen LogP contribution in [0.25, 0.3) is 0 Å². The maximum Gasteiger partial charge on any atom is 0.330 e. The summed E-state index contributed by atoms with van der Waals surface area (Å²) in [7, 11) is 1.65. The highest BCUT2D eigenvalue weighted by molar-refractivity contribution is 5.85. The number of hydrogen-bond acceptors (Lipinski definition) is 5. The molecule has 0 atom stereocenters. The second-order valence-electron chi connectivity index (χ2n) is 6.48. The Morgan fingerprint density at radius 2 is 1.56 bits per heavy atom. The Bertz CT molecular complexity index is 763. The fourth-order valence-electron chi connectivity index (χ4n) is 2.30. The molecule has 1 N–H and O–H groups in total. The van der Waals surface area contributed by atoms with Gasteiger partial charge in [0, 0.05) is 30.8 Å². The fourth-order valence-corrected chi connectivity index (χ4v) is 2.30. The Balaban J connectivity index is 0.000000489. The molecule has 0 saturated heterocycles. The van der Waals surface area contributed by atoms with Crippen LogP contribution in [0.1, 0.15) is 51.5 Å². The van der Waals surface area contributed by atoms with Crippen molar-refractivity contribution in [1.82, 2.24) is 0 Å². The molecule has 6 heteroatoms. The average Bonchev–Trinajstić information content (AvgIpc) is 2.83. The summed E-state index contributed by atoms with van der Waals surface area (Å²) in [5.41, 5.74) is 2.63. The van der Waals surface area contributed by atoms with Gasteiger partial charge in [-0.2, -0.15) is 0 Å². The molecule has 0 radical (unpaired) electrons. The summed E-state index contributed by atoms with van der Waals surface area (Å²) >= 11 is 0. The van der Waals surface area contributed by atoms with Gasteiger partial charge in [0.25, 0.3) is 0 Å². The van der Waals surface area contributed by atoms with Crippen LogP contribution in [0.2, 0.25) is 0 Å². The van der Waals surface area contributed by atoms with E-state index in [2.05, 4.69) is 0 Å². The third-order valence-corrected chi connectivity index (χ3v) is 4.19. The number of carboxylic acid groups (broad SMARTS) is 1. The molecule has 2 aromatic carbocycles. The van der Waals surface area contributed by atoms with Crippen LogP contribution >= 0.6 is 0 Å². The first-order chi connectivity index (χ1) is 15.4. The summed E-state index contributed by atoms with van der Waals surface area (Å²) in [4.78, 5) is 19.8. The lowest BCUT2D eigenvalue weighted by Gasteiger charge is -2.17. The van der Waals surface area contributed by atoms with Gasteiger partial charge in [0.15, 0.2) is 6.29 Å². The van der Waals surface area contributed by atoms with Crippen LogP contribution in [0.5, 0.6) is 5.75 Å². The van der Waals surface area contributed by atoms with Crippen molar-refractivity contribution in [2.45, 2.75) is 46.8 Å². The Kier molecular flexibility index (Phi) is 17.0. The smallest absolute Gasteiger partial charge is 0.330 e. The summed E-state index contributed by atoms with van der Waals surface area (Å²) in [5, 5.41) is 8.11. The third-order valence-electron chi connectivity index (χ3n) is 4.19. The number of allylic oxidation sites excluding steroid dienone is 1. The molecule has 0 heterocycles. The lowest BCUT2D eigenvalue weighted by atomic mass is 10.1. The summed E-state index contributed by atoms with van der Waals surface area (Å²) in [6, 6.07) is 17.7. The lowest BCUT2D eigenvalue weighted by molar-refractivity contribution is -0.140. The number of aldehydes is 1. The molecule has 2 rings (SSSR count). The Morgan fingerprint density at radius 1 is 1.00 bits per heavy atom. The van der Waals surface area contributed by atoms with Crippen molar-refractivity contribution in [3.05, 3.63) is 77.4 Å². The first-order valence-corrected chi connectivity index (χ1v) is 10.6. The highest BCUT2D eigenvalue weighted by atomic mass is 16.7. The van der Waals surface area contributed by atoms with E-state index >= 15 is 0 Å². The molecule has 2 aromatic rings. The van der Waals surface area contributed by atoms with Gasteiger partial charge in [0.2, 0.25) is 0 Å². The molecule has 0 aromatic heterocycles. The van der Waals surface area contributed by atoms with E-state index in [9.17, 15) is 9.59 Å². The number of carboxylic acids is 1. The van der Waals surface area contributed by atoms with Crippen molar-refractivity contribution in [3.63, 3.8) is 0 Å². The first kappa shape index (κ1) is 29.0. The van der Waals surface area contributed by atoms with Gasteiger partial charge in [-0.1, -0.05) is 48.5 Å². The molecule has 0 aliphatic rings. The third kappa shape index (κ3) is 13.4. The van der Waals surface area contributed by atoms with E-state index in [4.69, 9.17) is 19.3 Å². The van der Waals surface area contributed by atoms with Crippen molar-refractivity contribution >= 4 is 12.3 Å². The van der Waals surface area contributed by atoms with Gasteiger partial charge in [0.05, 0.1) is 7.11 Å². The molecule has 176 valence electrons. The zero-order valence-corrected chi connectivity index (χ0v) is 19.7. The molecule has 0 aliphatic heterocycles. The van der Waals surface area contributed by atoms with E-state index in [0.29, 0.717) is 25.2 Å². The first-order valence-electron chi connectivity index (χ1n) is 10.6. The van der Waals surface area contributed by atoms with Crippen LogP contribution < -0.4 is 4.74 Å². The summed E-state index contributed by atoms with van der Waals surface area (Å²) in [6.07, 6.45) is 3.73. The number of rotatable bonds is 10. The second-order valence-corrected chi connectivity index (χ2v) is 6.48. The number of aryl methyl sites for hydroxylation is 1. The predicted molar refractivity (Wildman–Crippen MR) is 127 cm³/mol. The second kappa shape index (κ2) is 18.8. The van der Waals surface area contributed by atoms with Gasteiger partial charge in [-0.3, -0.25) is 0 Å².